The van der Waals surface area contributed by atoms with Crippen molar-refractivity contribution in [2.75, 3.05) is 0 Å². The predicted octanol–water partition coefficient (Wildman–Crippen LogP) is 3.37. The number of carbonyl (C=O) groups excluding carboxylic acids is 1. The monoisotopic (exact) mass is 348 g/mol. The van der Waals surface area contributed by atoms with Crippen LogP contribution >= 0.6 is 15.9 Å². The number of pyridine rings is 1. The summed E-state index contributed by atoms with van der Waals surface area (Å²) in [5, 5.41) is 10.5. The minimum Gasteiger partial charge on any atom is -0.420 e. The van der Waals surface area contributed by atoms with Crippen LogP contribution in [0.25, 0.3) is 6.08 Å². The van der Waals surface area contributed by atoms with Crippen LogP contribution in [0.4, 0.5) is 5.69 Å². The van der Waals surface area contributed by atoms with E-state index in [9.17, 15) is 14.9 Å². The summed E-state index contributed by atoms with van der Waals surface area (Å²) < 4.78 is 5.52. The van der Waals surface area contributed by atoms with Crippen LogP contribution in [-0.4, -0.2) is 15.9 Å². The SMILES string of the molecule is O=C(/C=C/c1ccc([N+](=O)[O-])cc1)Oc1cccnc1Br. The summed E-state index contributed by atoms with van der Waals surface area (Å²) in [7, 11) is 0. The number of non-ortho nitro benzene ring substituents is 1. The topological polar surface area (TPSA) is 82.3 Å². The van der Waals surface area contributed by atoms with E-state index < -0.39 is 10.9 Å². The van der Waals surface area contributed by atoms with Crippen molar-refractivity contribution in [1.29, 1.82) is 0 Å². The average Bonchev–Trinajstić information content (AvgIpc) is 2.48. The molecule has 0 saturated carbocycles. The lowest BCUT2D eigenvalue weighted by molar-refractivity contribution is -0.384. The lowest BCUT2D eigenvalue weighted by atomic mass is 10.2. The summed E-state index contributed by atoms with van der Waals surface area (Å²) in [5.41, 5.74) is 0.650. The Balaban J connectivity index is 2.02. The molecule has 0 unspecified atom stereocenters. The van der Waals surface area contributed by atoms with E-state index in [1.165, 1.54) is 24.3 Å². The van der Waals surface area contributed by atoms with Gasteiger partial charge in [0.15, 0.2) is 5.75 Å². The first-order valence-corrected chi connectivity index (χ1v) is 6.60. The molecule has 0 bridgehead atoms. The second kappa shape index (κ2) is 6.76. The number of carbonyl (C=O) groups is 1. The third-order valence-corrected chi connectivity index (χ3v) is 3.05. The maximum Gasteiger partial charge on any atom is 0.336 e. The molecule has 0 aliphatic heterocycles. The summed E-state index contributed by atoms with van der Waals surface area (Å²) in [6.45, 7) is 0. The molecule has 1 heterocycles. The zero-order valence-electron chi connectivity index (χ0n) is 10.6. The number of hydrogen-bond acceptors (Lipinski definition) is 5. The first-order chi connectivity index (χ1) is 10.1. The fourth-order valence-corrected chi connectivity index (χ4v) is 1.79. The van der Waals surface area contributed by atoms with Gasteiger partial charge in [0.25, 0.3) is 5.69 Å². The highest BCUT2D eigenvalue weighted by Gasteiger charge is 2.06. The van der Waals surface area contributed by atoms with E-state index in [1.807, 2.05) is 0 Å². The molecule has 0 saturated heterocycles. The highest BCUT2D eigenvalue weighted by molar-refractivity contribution is 9.10. The molecule has 2 aromatic rings. The molecule has 0 atom stereocenters. The van der Waals surface area contributed by atoms with Crippen LogP contribution in [0.2, 0.25) is 0 Å². The maximum atomic E-state index is 11.6. The van der Waals surface area contributed by atoms with E-state index >= 15 is 0 Å². The van der Waals surface area contributed by atoms with Crippen molar-refractivity contribution in [2.45, 2.75) is 0 Å². The van der Waals surface area contributed by atoms with E-state index in [0.29, 0.717) is 15.9 Å². The maximum absolute atomic E-state index is 11.6. The number of nitro benzene ring substituents is 1. The quantitative estimate of drug-likeness (QED) is 0.278. The first kappa shape index (κ1) is 14.9. The smallest absolute Gasteiger partial charge is 0.336 e. The minimum absolute atomic E-state index is 0.00554. The highest BCUT2D eigenvalue weighted by Crippen LogP contribution is 2.21. The molecule has 0 N–H and O–H groups in total. The van der Waals surface area contributed by atoms with Gasteiger partial charge in [-0.25, -0.2) is 9.78 Å². The Kier molecular flexibility index (Phi) is 4.78. The lowest BCUT2D eigenvalue weighted by Crippen LogP contribution is -2.04. The summed E-state index contributed by atoms with van der Waals surface area (Å²) in [4.78, 5) is 25.6. The molecule has 0 aliphatic carbocycles. The van der Waals surface area contributed by atoms with Crippen molar-refractivity contribution in [3.8, 4) is 5.75 Å². The van der Waals surface area contributed by atoms with Crippen molar-refractivity contribution in [3.63, 3.8) is 0 Å². The Morgan fingerprint density at radius 2 is 2.00 bits per heavy atom. The normalized spacial score (nSPS) is 10.5. The van der Waals surface area contributed by atoms with Crippen LogP contribution in [0.3, 0.4) is 0 Å². The molecule has 0 aliphatic rings. The Morgan fingerprint density at radius 1 is 1.29 bits per heavy atom. The second-order valence-corrected chi connectivity index (χ2v) is 4.65. The molecule has 0 amide bonds. The summed E-state index contributed by atoms with van der Waals surface area (Å²) in [6, 6.07) is 9.07. The van der Waals surface area contributed by atoms with E-state index in [-0.39, 0.29) is 5.69 Å². The van der Waals surface area contributed by atoms with Gasteiger partial charge in [-0.15, -0.1) is 0 Å². The van der Waals surface area contributed by atoms with Gasteiger partial charge in [0, 0.05) is 24.4 Å². The number of ether oxygens (including phenoxy) is 1. The molecule has 7 heteroatoms. The van der Waals surface area contributed by atoms with Gasteiger partial charge < -0.3 is 4.74 Å². The van der Waals surface area contributed by atoms with Crippen LogP contribution in [0.5, 0.6) is 5.75 Å². The summed E-state index contributed by atoms with van der Waals surface area (Å²) in [5.74, 6) is -0.252. The number of nitro groups is 1. The zero-order valence-corrected chi connectivity index (χ0v) is 12.2. The summed E-state index contributed by atoms with van der Waals surface area (Å²) in [6.07, 6.45) is 4.31. The molecule has 6 nitrogen and oxygen atoms in total. The largest absolute Gasteiger partial charge is 0.420 e. The molecule has 1 aromatic heterocycles. The van der Waals surface area contributed by atoms with Gasteiger partial charge in [0.1, 0.15) is 4.60 Å². The Morgan fingerprint density at radius 3 is 2.62 bits per heavy atom. The number of hydrogen-bond donors (Lipinski definition) is 0. The summed E-state index contributed by atoms with van der Waals surface area (Å²) >= 11 is 3.17. The van der Waals surface area contributed by atoms with Crippen LogP contribution in [0.1, 0.15) is 5.56 Å². The van der Waals surface area contributed by atoms with E-state index in [1.54, 1.807) is 30.5 Å². The zero-order chi connectivity index (χ0) is 15.2. The van der Waals surface area contributed by atoms with E-state index in [4.69, 9.17) is 4.74 Å². The minimum atomic E-state index is -0.568. The number of rotatable bonds is 4. The van der Waals surface area contributed by atoms with Crippen molar-refractivity contribution < 1.29 is 14.5 Å². The standard InChI is InChI=1S/C14H9BrN2O4/c15-14-12(2-1-9-16-14)21-13(18)8-5-10-3-6-11(7-4-10)17(19)20/h1-9H/b8-5+. The molecule has 2 rings (SSSR count). The molecule has 0 fully saturated rings. The third kappa shape index (κ3) is 4.22. The van der Waals surface area contributed by atoms with Crippen molar-refractivity contribution >= 4 is 33.7 Å². The average molecular weight is 349 g/mol. The van der Waals surface area contributed by atoms with Gasteiger partial charge in [0.2, 0.25) is 0 Å². The van der Waals surface area contributed by atoms with Gasteiger partial charge in [-0.05, 0) is 51.8 Å². The van der Waals surface area contributed by atoms with Crippen LogP contribution < -0.4 is 4.74 Å². The first-order valence-electron chi connectivity index (χ1n) is 5.81. The fourth-order valence-electron chi connectivity index (χ4n) is 1.46. The third-order valence-electron chi connectivity index (χ3n) is 2.45. The number of aromatic nitrogens is 1. The molecular weight excluding hydrogens is 340 g/mol. The molecule has 1 aromatic carbocycles. The Hall–Kier alpha value is -2.54. The Labute approximate surface area is 128 Å². The van der Waals surface area contributed by atoms with Gasteiger partial charge in [-0.3, -0.25) is 10.1 Å². The number of nitrogens with zero attached hydrogens (tertiary/aromatic N) is 2. The molecule has 0 radical (unpaired) electrons. The molecular formula is C14H9BrN2O4. The Bertz CT molecular complexity index is 698. The highest BCUT2D eigenvalue weighted by atomic mass is 79.9. The van der Waals surface area contributed by atoms with Gasteiger partial charge in [-0.2, -0.15) is 0 Å². The van der Waals surface area contributed by atoms with Crippen LogP contribution in [0.15, 0.2) is 53.3 Å². The van der Waals surface area contributed by atoms with Gasteiger partial charge in [-0.1, -0.05) is 0 Å². The number of esters is 1. The molecule has 0 spiro atoms. The number of benzene rings is 1. The predicted molar refractivity (Wildman–Crippen MR) is 79.7 cm³/mol. The van der Waals surface area contributed by atoms with Crippen molar-refractivity contribution in [1.82, 2.24) is 4.98 Å². The van der Waals surface area contributed by atoms with Gasteiger partial charge in [0.05, 0.1) is 4.92 Å². The van der Waals surface area contributed by atoms with Crippen molar-refractivity contribution in [2.24, 2.45) is 0 Å². The molecule has 106 valence electrons. The molecule has 21 heavy (non-hydrogen) atoms. The fraction of sp³-hybridized carbons (Fsp3) is 0. The van der Waals surface area contributed by atoms with Crippen molar-refractivity contribution in [3.05, 3.63) is 69.0 Å². The second-order valence-electron chi connectivity index (χ2n) is 3.90. The van der Waals surface area contributed by atoms with Crippen LogP contribution in [-0.2, 0) is 4.79 Å². The van der Waals surface area contributed by atoms with Crippen LogP contribution in [0, 0.1) is 10.1 Å². The lowest BCUT2D eigenvalue weighted by Gasteiger charge is -2.02. The van der Waals surface area contributed by atoms with E-state index in [0.717, 1.165) is 0 Å². The number of halogens is 1. The van der Waals surface area contributed by atoms with Gasteiger partial charge >= 0.3 is 5.97 Å². The van der Waals surface area contributed by atoms with E-state index in [2.05, 4.69) is 20.9 Å².